The molecule has 2 heterocycles. The van der Waals surface area contributed by atoms with Crippen LogP contribution in [-0.4, -0.2) is 36.7 Å². The molecule has 28 heavy (non-hydrogen) atoms. The van der Waals surface area contributed by atoms with Crippen LogP contribution in [0.5, 0.6) is 0 Å². The van der Waals surface area contributed by atoms with Gasteiger partial charge in [-0.05, 0) is 42.5 Å². The van der Waals surface area contributed by atoms with Crippen molar-refractivity contribution in [1.82, 2.24) is 19.9 Å². The molecule has 0 bridgehead atoms. The van der Waals surface area contributed by atoms with Gasteiger partial charge in [0.2, 0.25) is 10.0 Å². The SMILES string of the molecule is O=S(=O)(NCCNc1ccc(Nc2ccccn2)nn1)c1cc(Cl)ccc1Cl. The van der Waals surface area contributed by atoms with Gasteiger partial charge in [-0.2, -0.15) is 0 Å². The van der Waals surface area contributed by atoms with Gasteiger partial charge in [-0.25, -0.2) is 18.1 Å². The molecule has 0 saturated carbocycles. The molecule has 0 amide bonds. The summed E-state index contributed by atoms with van der Waals surface area (Å²) >= 11 is 11.8. The number of pyridine rings is 1. The van der Waals surface area contributed by atoms with Crippen molar-refractivity contribution in [3.63, 3.8) is 0 Å². The average molecular weight is 439 g/mol. The third-order valence-corrected chi connectivity index (χ3v) is 5.67. The summed E-state index contributed by atoms with van der Waals surface area (Å²) in [5.74, 6) is 1.71. The smallest absolute Gasteiger partial charge is 0.242 e. The predicted octanol–water partition coefficient (Wildman–Crippen LogP) is 3.31. The Morgan fingerprint density at radius 1 is 0.893 bits per heavy atom. The number of nitrogens with zero attached hydrogens (tertiary/aromatic N) is 3. The summed E-state index contributed by atoms with van der Waals surface area (Å²) in [7, 11) is -3.77. The van der Waals surface area contributed by atoms with E-state index in [1.165, 1.54) is 18.2 Å². The molecular weight excluding hydrogens is 423 g/mol. The van der Waals surface area contributed by atoms with Crippen LogP contribution in [0, 0.1) is 0 Å². The van der Waals surface area contributed by atoms with Crippen molar-refractivity contribution in [2.75, 3.05) is 23.7 Å². The van der Waals surface area contributed by atoms with Crippen LogP contribution in [0.15, 0.2) is 59.6 Å². The fourth-order valence-electron chi connectivity index (χ4n) is 2.20. The Morgan fingerprint density at radius 3 is 2.39 bits per heavy atom. The number of anilines is 3. The molecule has 8 nitrogen and oxygen atoms in total. The second-order valence-electron chi connectivity index (χ2n) is 5.54. The molecule has 0 aliphatic carbocycles. The van der Waals surface area contributed by atoms with Gasteiger partial charge in [0.05, 0.1) is 5.02 Å². The molecule has 0 atom stereocenters. The molecule has 0 aliphatic heterocycles. The van der Waals surface area contributed by atoms with E-state index in [0.717, 1.165) is 0 Å². The van der Waals surface area contributed by atoms with Crippen LogP contribution in [0.3, 0.4) is 0 Å². The van der Waals surface area contributed by atoms with Crippen molar-refractivity contribution < 1.29 is 8.42 Å². The molecule has 0 fully saturated rings. The third-order valence-electron chi connectivity index (χ3n) is 3.49. The Balaban J connectivity index is 1.50. The first kappa shape index (κ1) is 20.3. The summed E-state index contributed by atoms with van der Waals surface area (Å²) in [5.41, 5.74) is 0. The Kier molecular flexibility index (Phi) is 6.63. The fourth-order valence-corrected chi connectivity index (χ4v) is 3.99. The highest BCUT2D eigenvalue weighted by Crippen LogP contribution is 2.24. The Hall–Kier alpha value is -2.46. The molecule has 0 aliphatic rings. The zero-order valence-corrected chi connectivity index (χ0v) is 16.8. The summed E-state index contributed by atoms with van der Waals surface area (Å²) in [6, 6.07) is 13.2. The van der Waals surface area contributed by atoms with Crippen LogP contribution in [0.4, 0.5) is 17.5 Å². The number of rotatable bonds is 8. The maximum atomic E-state index is 12.3. The van der Waals surface area contributed by atoms with E-state index in [1.807, 2.05) is 18.2 Å². The van der Waals surface area contributed by atoms with E-state index in [4.69, 9.17) is 23.2 Å². The van der Waals surface area contributed by atoms with Gasteiger partial charge >= 0.3 is 0 Å². The van der Waals surface area contributed by atoms with Gasteiger partial charge in [0.1, 0.15) is 16.5 Å². The monoisotopic (exact) mass is 438 g/mol. The number of sulfonamides is 1. The van der Waals surface area contributed by atoms with Gasteiger partial charge in [-0.3, -0.25) is 0 Å². The van der Waals surface area contributed by atoms with E-state index in [2.05, 4.69) is 30.5 Å². The molecule has 1 aromatic carbocycles. The zero-order valence-electron chi connectivity index (χ0n) is 14.4. The normalized spacial score (nSPS) is 11.2. The number of benzene rings is 1. The number of hydrogen-bond acceptors (Lipinski definition) is 7. The molecule has 3 rings (SSSR count). The van der Waals surface area contributed by atoms with Gasteiger partial charge in [-0.1, -0.05) is 29.3 Å². The lowest BCUT2D eigenvalue weighted by atomic mass is 10.4. The molecule has 0 radical (unpaired) electrons. The van der Waals surface area contributed by atoms with Crippen molar-refractivity contribution in [3.05, 3.63) is 64.8 Å². The Labute approximate surface area is 172 Å². The Bertz CT molecular complexity index is 1030. The lowest BCUT2D eigenvalue weighted by Crippen LogP contribution is -2.29. The van der Waals surface area contributed by atoms with Crippen molar-refractivity contribution in [2.45, 2.75) is 4.90 Å². The first-order valence-electron chi connectivity index (χ1n) is 8.14. The van der Waals surface area contributed by atoms with E-state index in [1.54, 1.807) is 18.3 Å². The van der Waals surface area contributed by atoms with Crippen LogP contribution >= 0.6 is 23.2 Å². The molecule has 0 spiro atoms. The first-order chi connectivity index (χ1) is 13.4. The van der Waals surface area contributed by atoms with Crippen molar-refractivity contribution >= 4 is 50.7 Å². The highest BCUT2D eigenvalue weighted by Gasteiger charge is 2.17. The number of hydrogen-bond donors (Lipinski definition) is 3. The summed E-state index contributed by atoms with van der Waals surface area (Å²) in [6.07, 6.45) is 1.67. The lowest BCUT2D eigenvalue weighted by Gasteiger charge is -2.10. The maximum Gasteiger partial charge on any atom is 0.242 e. The maximum absolute atomic E-state index is 12.3. The van der Waals surface area contributed by atoms with Crippen LogP contribution in [-0.2, 0) is 10.0 Å². The topological polar surface area (TPSA) is 109 Å². The van der Waals surface area contributed by atoms with E-state index in [0.29, 0.717) is 24.0 Å². The van der Waals surface area contributed by atoms with Crippen LogP contribution in [0.25, 0.3) is 0 Å². The summed E-state index contributed by atoms with van der Waals surface area (Å²) in [5, 5.41) is 14.5. The second kappa shape index (κ2) is 9.16. The highest BCUT2D eigenvalue weighted by molar-refractivity contribution is 7.89. The fraction of sp³-hybridized carbons (Fsp3) is 0.118. The minimum Gasteiger partial charge on any atom is -0.367 e. The van der Waals surface area contributed by atoms with Crippen LogP contribution in [0.1, 0.15) is 0 Å². The van der Waals surface area contributed by atoms with Gasteiger partial charge in [0, 0.05) is 24.3 Å². The molecule has 0 saturated heterocycles. The summed E-state index contributed by atoms with van der Waals surface area (Å²) < 4.78 is 27.1. The van der Waals surface area contributed by atoms with E-state index < -0.39 is 10.0 Å². The summed E-state index contributed by atoms with van der Waals surface area (Å²) in [4.78, 5) is 4.08. The first-order valence-corrected chi connectivity index (χ1v) is 10.4. The standard InChI is InChI=1S/C17H16Cl2N6O2S/c18-12-4-5-13(19)14(11-12)28(26,27)22-10-9-21-16-6-7-17(25-24-16)23-15-3-1-2-8-20-15/h1-8,11,22H,9-10H2,(H,21,24)(H,20,23,25). The van der Waals surface area contributed by atoms with Gasteiger partial charge in [0.15, 0.2) is 5.82 Å². The van der Waals surface area contributed by atoms with Crippen molar-refractivity contribution in [2.24, 2.45) is 0 Å². The van der Waals surface area contributed by atoms with Gasteiger partial charge in [-0.15, -0.1) is 10.2 Å². The highest BCUT2D eigenvalue weighted by atomic mass is 35.5. The number of nitrogens with one attached hydrogen (secondary N) is 3. The third kappa shape index (κ3) is 5.52. The van der Waals surface area contributed by atoms with E-state index in [9.17, 15) is 8.42 Å². The second-order valence-corrected chi connectivity index (χ2v) is 8.12. The molecule has 0 unspecified atom stereocenters. The van der Waals surface area contributed by atoms with Crippen molar-refractivity contribution in [3.8, 4) is 0 Å². The van der Waals surface area contributed by atoms with Crippen molar-refractivity contribution in [1.29, 1.82) is 0 Å². The quantitative estimate of drug-likeness (QED) is 0.462. The van der Waals surface area contributed by atoms with Crippen LogP contribution < -0.4 is 15.4 Å². The predicted molar refractivity (Wildman–Crippen MR) is 110 cm³/mol. The summed E-state index contributed by atoms with van der Waals surface area (Å²) in [6.45, 7) is 0.430. The minimum absolute atomic E-state index is 0.0635. The average Bonchev–Trinajstić information content (AvgIpc) is 2.69. The molecule has 3 N–H and O–H groups in total. The van der Waals surface area contributed by atoms with Gasteiger partial charge < -0.3 is 10.6 Å². The lowest BCUT2D eigenvalue weighted by molar-refractivity contribution is 0.583. The molecule has 11 heteroatoms. The molecule has 2 aromatic heterocycles. The zero-order chi connectivity index (χ0) is 20.0. The molecule has 3 aromatic rings. The molecule has 146 valence electrons. The van der Waals surface area contributed by atoms with E-state index in [-0.39, 0.29) is 21.5 Å². The number of halogens is 2. The van der Waals surface area contributed by atoms with E-state index >= 15 is 0 Å². The Morgan fingerprint density at radius 2 is 1.68 bits per heavy atom. The molecular formula is C17H16Cl2N6O2S. The largest absolute Gasteiger partial charge is 0.367 e. The minimum atomic E-state index is -3.77. The van der Waals surface area contributed by atoms with Gasteiger partial charge in [0.25, 0.3) is 0 Å². The number of aromatic nitrogens is 3. The van der Waals surface area contributed by atoms with Crippen LogP contribution in [0.2, 0.25) is 10.0 Å².